The van der Waals surface area contributed by atoms with Gasteiger partial charge >= 0.3 is 0 Å². The van der Waals surface area contributed by atoms with Gasteiger partial charge in [-0.2, -0.15) is 0 Å². The molecule has 102 valence electrons. The lowest BCUT2D eigenvalue weighted by molar-refractivity contribution is 0.739. The number of nitrogens with one attached hydrogen (secondary N) is 1. The molecule has 3 N–H and O–H groups in total. The molecule has 0 saturated heterocycles. The minimum absolute atomic E-state index is 0.0492. The summed E-state index contributed by atoms with van der Waals surface area (Å²) in [6.07, 6.45) is 0. The Morgan fingerprint density at radius 3 is 2.63 bits per heavy atom. The number of H-pyrrole nitrogens is 1. The van der Waals surface area contributed by atoms with E-state index in [-0.39, 0.29) is 12.1 Å². The number of benzene rings is 1. The highest BCUT2D eigenvalue weighted by Gasteiger charge is 2.15. The average molecular weight is 259 g/mol. The molecule has 0 saturated carbocycles. The lowest BCUT2D eigenvalue weighted by Crippen LogP contribution is -2.17. The molecule has 0 bridgehead atoms. The van der Waals surface area contributed by atoms with Crippen molar-refractivity contribution >= 4 is 0 Å². The molecule has 1 heterocycles. The molecule has 4 nitrogen and oxygen atoms in total. The molecule has 0 spiro atoms. The third kappa shape index (κ3) is 2.36. The lowest BCUT2D eigenvalue weighted by Gasteiger charge is -2.11. The van der Waals surface area contributed by atoms with Crippen LogP contribution < -0.4 is 11.3 Å². The Balaban J connectivity index is 2.68. The molecule has 1 aromatic heterocycles. The van der Waals surface area contributed by atoms with Crippen LogP contribution in [0.2, 0.25) is 0 Å². The first-order chi connectivity index (χ1) is 8.95. The zero-order valence-corrected chi connectivity index (χ0v) is 11.9. The number of hydrogen-bond acceptors (Lipinski definition) is 2. The van der Waals surface area contributed by atoms with Gasteiger partial charge < -0.3 is 5.73 Å². The quantitative estimate of drug-likeness (QED) is 0.888. The fourth-order valence-electron chi connectivity index (χ4n) is 2.28. The molecule has 19 heavy (non-hydrogen) atoms. The summed E-state index contributed by atoms with van der Waals surface area (Å²) >= 11 is 0. The Kier molecular flexibility index (Phi) is 3.62. The zero-order chi connectivity index (χ0) is 14.2. The highest BCUT2D eigenvalue weighted by atomic mass is 16.1. The Morgan fingerprint density at radius 1 is 1.37 bits per heavy atom. The minimum atomic E-state index is -0.0492. The molecule has 0 radical (unpaired) electrons. The third-order valence-electron chi connectivity index (χ3n) is 3.55. The zero-order valence-electron chi connectivity index (χ0n) is 11.9. The van der Waals surface area contributed by atoms with Gasteiger partial charge in [0.1, 0.15) is 0 Å². The van der Waals surface area contributed by atoms with Crippen LogP contribution in [-0.4, -0.2) is 9.78 Å². The van der Waals surface area contributed by atoms with E-state index in [4.69, 9.17) is 5.73 Å². The molecule has 2 rings (SSSR count). The molecular formula is C15H21N3O. The number of aromatic amines is 1. The van der Waals surface area contributed by atoms with Gasteiger partial charge in [0.15, 0.2) is 0 Å². The molecule has 0 aliphatic rings. The topological polar surface area (TPSA) is 63.8 Å². The van der Waals surface area contributed by atoms with Crippen LogP contribution in [0.1, 0.15) is 36.5 Å². The van der Waals surface area contributed by atoms with Gasteiger partial charge in [0.25, 0.3) is 5.56 Å². The number of aryl methyl sites for hydroxylation is 2. The maximum absolute atomic E-state index is 12.0. The second-order valence-corrected chi connectivity index (χ2v) is 5.26. The van der Waals surface area contributed by atoms with Crippen LogP contribution in [0.3, 0.4) is 0 Å². The van der Waals surface area contributed by atoms with E-state index < -0.39 is 0 Å². The first-order valence-corrected chi connectivity index (χ1v) is 6.54. The fraction of sp³-hybridized carbons (Fsp3) is 0.400. The largest absolute Gasteiger partial charge is 0.326 e. The molecule has 0 unspecified atom stereocenters. The average Bonchev–Trinajstić information content (AvgIpc) is 2.65. The Labute approximate surface area is 113 Å². The van der Waals surface area contributed by atoms with E-state index in [1.807, 2.05) is 6.92 Å². The van der Waals surface area contributed by atoms with Crippen molar-refractivity contribution < 1.29 is 0 Å². The molecule has 0 aliphatic carbocycles. The van der Waals surface area contributed by atoms with E-state index >= 15 is 0 Å². The van der Waals surface area contributed by atoms with Crippen LogP contribution in [0.25, 0.3) is 11.3 Å². The summed E-state index contributed by atoms with van der Waals surface area (Å²) < 4.78 is 1.49. The van der Waals surface area contributed by atoms with E-state index in [1.54, 1.807) is 7.05 Å². The Morgan fingerprint density at radius 2 is 2.05 bits per heavy atom. The molecule has 4 heteroatoms. The summed E-state index contributed by atoms with van der Waals surface area (Å²) in [6.45, 7) is 6.61. The number of nitrogens with two attached hydrogens (primary N) is 1. The predicted octanol–water partition coefficient (Wildman–Crippen LogP) is 2.27. The van der Waals surface area contributed by atoms with Crippen molar-refractivity contribution in [2.75, 3.05) is 0 Å². The smallest absolute Gasteiger partial charge is 0.271 e. The summed E-state index contributed by atoms with van der Waals surface area (Å²) in [6, 6.07) is 6.37. The van der Waals surface area contributed by atoms with Crippen molar-refractivity contribution in [3.05, 3.63) is 45.2 Å². The second kappa shape index (κ2) is 5.05. The van der Waals surface area contributed by atoms with Crippen LogP contribution in [0.15, 0.2) is 23.0 Å². The van der Waals surface area contributed by atoms with E-state index in [9.17, 15) is 4.79 Å². The van der Waals surface area contributed by atoms with Crippen LogP contribution >= 0.6 is 0 Å². The van der Waals surface area contributed by atoms with Crippen LogP contribution in [0, 0.1) is 6.92 Å². The summed E-state index contributed by atoms with van der Waals surface area (Å²) in [4.78, 5) is 12.0. The number of rotatable bonds is 3. The normalized spacial score (nSPS) is 11.3. The lowest BCUT2D eigenvalue weighted by atomic mass is 9.95. The van der Waals surface area contributed by atoms with Crippen LogP contribution in [0.5, 0.6) is 0 Å². The predicted molar refractivity (Wildman–Crippen MR) is 78.2 cm³/mol. The van der Waals surface area contributed by atoms with Gasteiger partial charge in [-0.1, -0.05) is 26.0 Å². The van der Waals surface area contributed by atoms with E-state index in [1.165, 1.54) is 10.2 Å². The Bertz CT molecular complexity index is 650. The number of aromatic nitrogens is 2. The standard InChI is InChI=1S/C15H21N3O/c1-9(2)11-6-5-10(3)12(7-11)14-13(8-16)15(19)18(4)17-14/h5-7,9,17H,8,16H2,1-4H3. The molecular weight excluding hydrogens is 238 g/mol. The van der Waals surface area contributed by atoms with Gasteiger partial charge in [0.2, 0.25) is 0 Å². The highest BCUT2D eigenvalue weighted by Crippen LogP contribution is 2.27. The first kappa shape index (κ1) is 13.6. The SMILES string of the molecule is Cc1ccc(C(C)C)cc1-c1[nH]n(C)c(=O)c1CN. The summed E-state index contributed by atoms with van der Waals surface area (Å²) in [5, 5.41) is 3.11. The van der Waals surface area contributed by atoms with Crippen molar-refractivity contribution in [1.29, 1.82) is 0 Å². The summed E-state index contributed by atoms with van der Waals surface area (Å²) in [5.41, 5.74) is 10.6. The number of nitrogens with zero attached hydrogens (tertiary/aromatic N) is 1. The van der Waals surface area contributed by atoms with Crippen molar-refractivity contribution in [3.8, 4) is 11.3 Å². The van der Waals surface area contributed by atoms with Crippen molar-refractivity contribution in [2.45, 2.75) is 33.2 Å². The monoisotopic (exact) mass is 259 g/mol. The van der Waals surface area contributed by atoms with E-state index in [0.717, 1.165) is 16.8 Å². The molecule has 2 aromatic rings. The van der Waals surface area contributed by atoms with E-state index in [2.05, 4.69) is 37.1 Å². The van der Waals surface area contributed by atoms with Crippen molar-refractivity contribution in [3.63, 3.8) is 0 Å². The maximum Gasteiger partial charge on any atom is 0.271 e. The molecule has 1 aromatic carbocycles. The van der Waals surface area contributed by atoms with Gasteiger partial charge in [-0.05, 0) is 30.0 Å². The van der Waals surface area contributed by atoms with Gasteiger partial charge in [0, 0.05) is 19.2 Å². The minimum Gasteiger partial charge on any atom is -0.326 e. The highest BCUT2D eigenvalue weighted by molar-refractivity contribution is 5.67. The van der Waals surface area contributed by atoms with Gasteiger partial charge in [-0.3, -0.25) is 14.6 Å². The number of hydrogen-bond donors (Lipinski definition) is 2. The van der Waals surface area contributed by atoms with Crippen molar-refractivity contribution in [2.24, 2.45) is 12.8 Å². The Hall–Kier alpha value is -1.81. The van der Waals surface area contributed by atoms with Crippen LogP contribution in [0.4, 0.5) is 0 Å². The molecule has 0 fully saturated rings. The van der Waals surface area contributed by atoms with E-state index in [0.29, 0.717) is 11.5 Å². The maximum atomic E-state index is 12.0. The van der Waals surface area contributed by atoms with Crippen molar-refractivity contribution in [1.82, 2.24) is 9.78 Å². The van der Waals surface area contributed by atoms with Gasteiger partial charge in [0.05, 0.1) is 11.3 Å². The molecule has 0 atom stereocenters. The van der Waals surface area contributed by atoms with Gasteiger partial charge in [-0.15, -0.1) is 0 Å². The van der Waals surface area contributed by atoms with Crippen LogP contribution in [-0.2, 0) is 13.6 Å². The molecule has 0 aliphatic heterocycles. The first-order valence-electron chi connectivity index (χ1n) is 6.54. The fourth-order valence-corrected chi connectivity index (χ4v) is 2.28. The second-order valence-electron chi connectivity index (χ2n) is 5.26. The summed E-state index contributed by atoms with van der Waals surface area (Å²) in [5.74, 6) is 0.455. The summed E-state index contributed by atoms with van der Waals surface area (Å²) in [7, 11) is 1.71. The molecule has 0 amide bonds. The van der Waals surface area contributed by atoms with Gasteiger partial charge in [-0.25, -0.2) is 0 Å². The third-order valence-corrected chi connectivity index (χ3v) is 3.55.